The number of benzene rings is 1. The Morgan fingerprint density at radius 1 is 1.05 bits per heavy atom. The molecular formula is C16H23NO5. The van der Waals surface area contributed by atoms with Crippen LogP contribution in [0.3, 0.4) is 0 Å². The number of aryl methyl sites for hydroxylation is 1. The third-order valence-electron chi connectivity index (χ3n) is 3.20. The van der Waals surface area contributed by atoms with Crippen LogP contribution in [0.15, 0.2) is 18.2 Å². The van der Waals surface area contributed by atoms with Crippen LogP contribution in [0.2, 0.25) is 0 Å². The molecular weight excluding hydrogens is 286 g/mol. The molecule has 6 nitrogen and oxygen atoms in total. The Kier molecular flexibility index (Phi) is 7.56. The SMILES string of the molecule is COCCCN(CCOC)C(=O)c1cc(C)cc(C(=O)O)c1. The summed E-state index contributed by atoms with van der Waals surface area (Å²) in [5.41, 5.74) is 1.24. The van der Waals surface area contributed by atoms with Crippen LogP contribution in [0, 0.1) is 6.92 Å². The van der Waals surface area contributed by atoms with Gasteiger partial charge in [0.2, 0.25) is 0 Å². The summed E-state index contributed by atoms with van der Waals surface area (Å²) in [5, 5.41) is 9.11. The van der Waals surface area contributed by atoms with E-state index in [2.05, 4.69) is 0 Å². The largest absolute Gasteiger partial charge is 0.478 e. The number of hydrogen-bond acceptors (Lipinski definition) is 4. The van der Waals surface area contributed by atoms with Crippen LogP contribution in [-0.4, -0.2) is 62.4 Å². The molecule has 0 aromatic heterocycles. The third kappa shape index (κ3) is 5.46. The average molecular weight is 309 g/mol. The van der Waals surface area contributed by atoms with E-state index in [0.29, 0.717) is 38.3 Å². The van der Waals surface area contributed by atoms with Gasteiger partial charge < -0.3 is 19.5 Å². The summed E-state index contributed by atoms with van der Waals surface area (Å²) in [6, 6.07) is 4.65. The molecule has 6 heteroatoms. The second kappa shape index (κ2) is 9.17. The summed E-state index contributed by atoms with van der Waals surface area (Å²) in [7, 11) is 3.19. The number of methoxy groups -OCH3 is 2. The molecule has 0 atom stereocenters. The number of rotatable bonds is 9. The van der Waals surface area contributed by atoms with Crippen LogP contribution >= 0.6 is 0 Å². The van der Waals surface area contributed by atoms with Crippen LogP contribution in [-0.2, 0) is 9.47 Å². The molecule has 1 aromatic carbocycles. The van der Waals surface area contributed by atoms with Gasteiger partial charge in [0.05, 0.1) is 12.2 Å². The molecule has 0 aliphatic heterocycles. The van der Waals surface area contributed by atoms with Crippen LogP contribution in [0.5, 0.6) is 0 Å². The predicted molar refractivity (Wildman–Crippen MR) is 82.4 cm³/mol. The highest BCUT2D eigenvalue weighted by Crippen LogP contribution is 2.13. The van der Waals surface area contributed by atoms with Gasteiger partial charge in [-0.05, 0) is 37.1 Å². The van der Waals surface area contributed by atoms with E-state index in [1.807, 2.05) is 0 Å². The smallest absolute Gasteiger partial charge is 0.335 e. The minimum absolute atomic E-state index is 0.118. The number of aromatic carboxylic acids is 1. The number of amides is 1. The fourth-order valence-electron chi connectivity index (χ4n) is 2.13. The highest BCUT2D eigenvalue weighted by atomic mass is 16.5. The van der Waals surface area contributed by atoms with E-state index in [0.717, 1.165) is 5.56 Å². The van der Waals surface area contributed by atoms with Crippen LogP contribution in [0.4, 0.5) is 0 Å². The Morgan fingerprint density at radius 3 is 2.27 bits per heavy atom. The number of carbonyl (C=O) groups is 2. The summed E-state index contributed by atoms with van der Waals surface area (Å²) < 4.78 is 10.0. The summed E-state index contributed by atoms with van der Waals surface area (Å²) in [5.74, 6) is -1.24. The quantitative estimate of drug-likeness (QED) is 0.704. The van der Waals surface area contributed by atoms with E-state index in [4.69, 9.17) is 14.6 Å². The lowest BCUT2D eigenvalue weighted by molar-refractivity contribution is 0.0674. The summed E-state index contributed by atoms with van der Waals surface area (Å²) in [6.45, 7) is 3.75. The molecule has 0 bridgehead atoms. The zero-order valence-electron chi connectivity index (χ0n) is 13.3. The minimum atomic E-state index is -1.04. The maximum atomic E-state index is 12.6. The number of carboxylic acid groups (broad SMARTS) is 1. The van der Waals surface area contributed by atoms with Crippen molar-refractivity contribution >= 4 is 11.9 Å². The lowest BCUT2D eigenvalue weighted by Crippen LogP contribution is -2.35. The van der Waals surface area contributed by atoms with Crippen molar-refractivity contribution in [3.8, 4) is 0 Å². The van der Waals surface area contributed by atoms with Crippen molar-refractivity contribution in [1.82, 2.24) is 4.90 Å². The predicted octanol–water partition coefficient (Wildman–Crippen LogP) is 1.82. The zero-order valence-corrected chi connectivity index (χ0v) is 13.3. The fraction of sp³-hybridized carbons (Fsp3) is 0.500. The first-order chi connectivity index (χ1) is 10.5. The molecule has 0 fully saturated rings. The Hall–Kier alpha value is -1.92. The van der Waals surface area contributed by atoms with Crippen molar-refractivity contribution in [3.63, 3.8) is 0 Å². The highest BCUT2D eigenvalue weighted by molar-refractivity contribution is 5.97. The van der Waals surface area contributed by atoms with Crippen molar-refractivity contribution in [1.29, 1.82) is 0 Å². The second-order valence-electron chi connectivity index (χ2n) is 5.02. The first-order valence-corrected chi connectivity index (χ1v) is 7.11. The Balaban J connectivity index is 2.93. The molecule has 0 saturated heterocycles. The number of ether oxygens (including phenoxy) is 2. The highest BCUT2D eigenvalue weighted by Gasteiger charge is 2.17. The van der Waals surface area contributed by atoms with E-state index >= 15 is 0 Å². The van der Waals surface area contributed by atoms with Gasteiger partial charge in [-0.25, -0.2) is 4.79 Å². The molecule has 122 valence electrons. The first kappa shape index (κ1) is 18.1. The number of carbonyl (C=O) groups excluding carboxylic acids is 1. The third-order valence-corrected chi connectivity index (χ3v) is 3.20. The summed E-state index contributed by atoms with van der Waals surface area (Å²) in [6.07, 6.45) is 0.712. The maximum absolute atomic E-state index is 12.6. The fourth-order valence-corrected chi connectivity index (χ4v) is 2.13. The number of carboxylic acids is 1. The van der Waals surface area contributed by atoms with Crippen LogP contribution in [0.25, 0.3) is 0 Å². The monoisotopic (exact) mass is 309 g/mol. The molecule has 22 heavy (non-hydrogen) atoms. The Labute approximate surface area is 130 Å². The van der Waals surface area contributed by atoms with Crippen molar-refractivity contribution in [2.24, 2.45) is 0 Å². The van der Waals surface area contributed by atoms with Gasteiger partial charge in [-0.1, -0.05) is 0 Å². The van der Waals surface area contributed by atoms with Crippen molar-refractivity contribution in [2.45, 2.75) is 13.3 Å². The molecule has 0 radical (unpaired) electrons. The summed E-state index contributed by atoms with van der Waals surface area (Å²) >= 11 is 0. The second-order valence-corrected chi connectivity index (χ2v) is 5.02. The molecule has 1 aromatic rings. The maximum Gasteiger partial charge on any atom is 0.335 e. The molecule has 0 spiro atoms. The van der Waals surface area contributed by atoms with Gasteiger partial charge in [-0.2, -0.15) is 0 Å². The Morgan fingerprint density at radius 2 is 1.68 bits per heavy atom. The summed E-state index contributed by atoms with van der Waals surface area (Å²) in [4.78, 5) is 25.4. The standard InChI is InChI=1S/C16H23NO5/c1-12-9-13(11-14(10-12)16(19)20)15(18)17(6-8-22-3)5-4-7-21-2/h9-11H,4-8H2,1-3H3,(H,19,20). The molecule has 0 unspecified atom stereocenters. The van der Waals surface area contributed by atoms with Gasteiger partial charge in [-0.15, -0.1) is 0 Å². The van der Waals surface area contributed by atoms with Gasteiger partial charge in [0.15, 0.2) is 0 Å². The van der Waals surface area contributed by atoms with Gasteiger partial charge >= 0.3 is 5.97 Å². The van der Waals surface area contributed by atoms with E-state index in [9.17, 15) is 9.59 Å². The van der Waals surface area contributed by atoms with Gasteiger partial charge in [0.1, 0.15) is 0 Å². The van der Waals surface area contributed by atoms with E-state index in [1.54, 1.807) is 38.2 Å². The number of nitrogens with zero attached hydrogens (tertiary/aromatic N) is 1. The van der Waals surface area contributed by atoms with Crippen molar-refractivity contribution in [2.75, 3.05) is 40.5 Å². The van der Waals surface area contributed by atoms with Crippen molar-refractivity contribution < 1.29 is 24.2 Å². The minimum Gasteiger partial charge on any atom is -0.478 e. The lowest BCUT2D eigenvalue weighted by Gasteiger charge is -2.22. The van der Waals surface area contributed by atoms with Gasteiger partial charge in [0.25, 0.3) is 5.91 Å². The molecule has 0 saturated carbocycles. The Bertz CT molecular complexity index is 515. The molecule has 0 aliphatic rings. The van der Waals surface area contributed by atoms with Crippen molar-refractivity contribution in [3.05, 3.63) is 34.9 Å². The molecule has 0 aliphatic carbocycles. The normalized spacial score (nSPS) is 10.5. The molecule has 0 heterocycles. The molecule has 1 amide bonds. The topological polar surface area (TPSA) is 76.1 Å². The van der Waals surface area contributed by atoms with E-state index in [-0.39, 0.29) is 11.5 Å². The van der Waals surface area contributed by atoms with Gasteiger partial charge in [0, 0.05) is 39.5 Å². The number of hydrogen-bond donors (Lipinski definition) is 1. The zero-order chi connectivity index (χ0) is 16.5. The molecule has 1 N–H and O–H groups in total. The van der Waals surface area contributed by atoms with Gasteiger partial charge in [-0.3, -0.25) is 4.79 Å². The lowest BCUT2D eigenvalue weighted by atomic mass is 10.1. The van der Waals surface area contributed by atoms with Crippen LogP contribution < -0.4 is 0 Å². The van der Waals surface area contributed by atoms with E-state index in [1.165, 1.54) is 6.07 Å². The average Bonchev–Trinajstić information content (AvgIpc) is 2.49. The van der Waals surface area contributed by atoms with E-state index < -0.39 is 5.97 Å². The van der Waals surface area contributed by atoms with Crippen LogP contribution in [0.1, 0.15) is 32.7 Å². The first-order valence-electron chi connectivity index (χ1n) is 7.11. The molecule has 1 rings (SSSR count).